The van der Waals surface area contributed by atoms with E-state index in [1.54, 1.807) is 12.1 Å². The summed E-state index contributed by atoms with van der Waals surface area (Å²) in [5.74, 6) is -0.819. The van der Waals surface area contributed by atoms with Gasteiger partial charge in [0.15, 0.2) is 0 Å². The van der Waals surface area contributed by atoms with Gasteiger partial charge in [-0.25, -0.2) is 0 Å². The average molecular weight is 513 g/mol. The molecule has 2 aromatic carbocycles. The third-order valence-corrected chi connectivity index (χ3v) is 4.42. The first-order chi connectivity index (χ1) is 10.7. The molecule has 2 aromatic rings. The number of benzene rings is 2. The van der Waals surface area contributed by atoms with Crippen LogP contribution in [-0.2, 0) is 39.0 Å². The van der Waals surface area contributed by atoms with Gasteiger partial charge in [-0.3, -0.25) is 20.4 Å². The van der Waals surface area contributed by atoms with Crippen molar-refractivity contribution in [1.82, 2.24) is 4.90 Å². The van der Waals surface area contributed by atoms with Crippen LogP contribution in [0.4, 0.5) is 0 Å². The summed E-state index contributed by atoms with van der Waals surface area (Å²) in [5.41, 5.74) is 0.847. The third kappa shape index (κ3) is 3.64. The van der Waals surface area contributed by atoms with Gasteiger partial charge < -0.3 is 13.8 Å². The van der Waals surface area contributed by atoms with Crippen molar-refractivity contribution in [3.05, 3.63) is 61.4 Å². The maximum Gasteiger partial charge on any atom is 0.261 e. The van der Waals surface area contributed by atoms with E-state index < -0.39 is 0 Å². The van der Waals surface area contributed by atoms with Crippen LogP contribution in [0.15, 0.2) is 36.4 Å². The van der Waals surface area contributed by atoms with Gasteiger partial charge >= 0.3 is 0 Å². The summed E-state index contributed by atoms with van der Waals surface area (Å²) < 4.78 is 0. The maximum absolute atomic E-state index is 13.1. The SMILES string of the molecule is [CH2-]C([CH2-])[C@@H](N1C(=O)c2cccc3cccc(c23)C1=O)C(C)(C)C.[Rh].[Rh]. The molecule has 1 heterocycles. The first kappa shape index (κ1) is 22.1. The van der Waals surface area contributed by atoms with Gasteiger partial charge in [0.2, 0.25) is 0 Å². The molecule has 1 aliphatic rings. The summed E-state index contributed by atoms with van der Waals surface area (Å²) in [6.07, 6.45) is 0. The number of carbonyl (C=O) groups is 2. The van der Waals surface area contributed by atoms with Crippen molar-refractivity contribution in [2.45, 2.75) is 26.8 Å². The Balaban J connectivity index is 0.00000156. The van der Waals surface area contributed by atoms with Crippen LogP contribution in [0.1, 0.15) is 41.5 Å². The number of nitrogens with zero attached hydrogens (tertiary/aromatic N) is 1. The van der Waals surface area contributed by atoms with Crippen LogP contribution in [0.3, 0.4) is 0 Å². The van der Waals surface area contributed by atoms with Crippen molar-refractivity contribution in [2.24, 2.45) is 11.3 Å². The minimum Gasteiger partial charge on any atom is -0.368 e. The summed E-state index contributed by atoms with van der Waals surface area (Å²) >= 11 is 0. The molecule has 0 aromatic heterocycles. The normalized spacial score (nSPS) is 15.0. The van der Waals surface area contributed by atoms with E-state index in [9.17, 15) is 9.59 Å². The van der Waals surface area contributed by atoms with Crippen LogP contribution in [0.5, 0.6) is 0 Å². The molecular formula is C20H21NO2Rh2-2. The van der Waals surface area contributed by atoms with Crippen LogP contribution in [0, 0.1) is 25.2 Å². The summed E-state index contributed by atoms with van der Waals surface area (Å²) in [6.45, 7) is 14.0. The first-order valence-electron chi connectivity index (χ1n) is 7.79. The molecule has 0 aliphatic carbocycles. The fourth-order valence-electron chi connectivity index (χ4n) is 3.61. The number of hydrogen-bond acceptors (Lipinski definition) is 2. The number of imide groups is 1. The van der Waals surface area contributed by atoms with E-state index in [4.69, 9.17) is 0 Å². The van der Waals surface area contributed by atoms with Gasteiger partial charge in [-0.15, -0.1) is 0 Å². The molecule has 0 unspecified atom stereocenters. The molecule has 2 amide bonds. The molecule has 0 saturated carbocycles. The van der Waals surface area contributed by atoms with Crippen LogP contribution in [0.2, 0.25) is 0 Å². The monoisotopic (exact) mass is 513 g/mol. The molecule has 138 valence electrons. The molecular weight excluding hydrogens is 492 g/mol. The van der Waals surface area contributed by atoms with Gasteiger partial charge in [0.05, 0.1) is 0 Å². The van der Waals surface area contributed by atoms with Gasteiger partial charge in [0.1, 0.15) is 0 Å². The molecule has 0 N–H and O–H groups in total. The van der Waals surface area contributed by atoms with Crippen molar-refractivity contribution in [2.75, 3.05) is 0 Å². The average Bonchev–Trinajstić information content (AvgIpc) is 2.47. The van der Waals surface area contributed by atoms with E-state index in [1.165, 1.54) is 4.90 Å². The minimum absolute atomic E-state index is 0. The van der Waals surface area contributed by atoms with E-state index in [0.717, 1.165) is 10.8 Å². The van der Waals surface area contributed by atoms with Gasteiger partial charge in [-0.05, 0) is 29.0 Å². The second-order valence-corrected chi connectivity index (χ2v) is 7.26. The molecule has 3 rings (SSSR count). The maximum atomic E-state index is 13.1. The fourth-order valence-corrected chi connectivity index (χ4v) is 3.61. The van der Waals surface area contributed by atoms with E-state index >= 15 is 0 Å². The zero-order valence-corrected chi connectivity index (χ0v) is 17.7. The fraction of sp³-hybridized carbons (Fsp3) is 0.300. The molecule has 0 bridgehead atoms. The number of hydrogen-bond donors (Lipinski definition) is 0. The van der Waals surface area contributed by atoms with E-state index in [1.807, 2.05) is 45.0 Å². The summed E-state index contributed by atoms with van der Waals surface area (Å²) in [5, 5.41) is 1.66. The summed E-state index contributed by atoms with van der Waals surface area (Å²) in [7, 11) is 0. The van der Waals surface area contributed by atoms with E-state index in [2.05, 4.69) is 13.8 Å². The molecule has 0 saturated heterocycles. The molecule has 2 radical (unpaired) electrons. The van der Waals surface area contributed by atoms with Gasteiger partial charge in [-0.2, -0.15) is 0 Å². The standard InChI is InChI=1S/C20H21NO2.2Rh/c1-12(2)17(20(3,4)5)21-18(22)14-10-6-8-13-9-7-11-15(16(13)14)19(21)23;;/h6-12,17H,1-2H2,3-5H3;;/q-2;;/t17-;;/m1../s1. The Hall–Kier alpha value is -0.913. The van der Waals surface area contributed by atoms with Gasteiger partial charge in [-0.1, -0.05) is 45.0 Å². The number of carbonyl (C=O) groups excluding carboxylic acids is 2. The van der Waals surface area contributed by atoms with Crippen molar-refractivity contribution in [3.8, 4) is 0 Å². The molecule has 5 heteroatoms. The minimum atomic E-state index is -0.369. The van der Waals surface area contributed by atoms with Crippen molar-refractivity contribution < 1.29 is 48.5 Å². The largest absolute Gasteiger partial charge is 0.368 e. The Morgan fingerprint density at radius 3 is 1.68 bits per heavy atom. The summed E-state index contributed by atoms with van der Waals surface area (Å²) in [4.78, 5) is 27.5. The Morgan fingerprint density at radius 2 is 1.32 bits per heavy atom. The molecule has 25 heavy (non-hydrogen) atoms. The van der Waals surface area contributed by atoms with Crippen LogP contribution < -0.4 is 0 Å². The van der Waals surface area contributed by atoms with E-state index in [0.29, 0.717) is 11.1 Å². The number of amides is 2. The van der Waals surface area contributed by atoms with Crippen LogP contribution >= 0.6 is 0 Å². The Kier molecular flexibility index (Phi) is 6.87. The quantitative estimate of drug-likeness (QED) is 0.344. The third-order valence-electron chi connectivity index (χ3n) is 4.42. The summed E-state index contributed by atoms with van der Waals surface area (Å²) in [6, 6.07) is 10.8. The zero-order valence-electron chi connectivity index (χ0n) is 14.5. The Bertz CT molecular complexity index is 758. The molecule has 3 nitrogen and oxygen atoms in total. The smallest absolute Gasteiger partial charge is 0.261 e. The Labute approximate surface area is 175 Å². The number of rotatable bonds is 2. The predicted molar refractivity (Wildman–Crippen MR) is 91.9 cm³/mol. The predicted octanol–water partition coefficient (Wildman–Crippen LogP) is 4.13. The van der Waals surface area contributed by atoms with Crippen LogP contribution in [0.25, 0.3) is 10.8 Å². The Morgan fingerprint density at radius 1 is 0.880 bits per heavy atom. The van der Waals surface area contributed by atoms with Gasteiger partial charge in [0, 0.05) is 55.5 Å². The zero-order chi connectivity index (χ0) is 16.9. The van der Waals surface area contributed by atoms with Crippen LogP contribution in [-0.4, -0.2) is 22.8 Å². The molecule has 0 fully saturated rings. The van der Waals surface area contributed by atoms with E-state index in [-0.39, 0.29) is 68.1 Å². The van der Waals surface area contributed by atoms with Gasteiger partial charge in [0.25, 0.3) is 11.8 Å². The molecule has 0 spiro atoms. The topological polar surface area (TPSA) is 37.4 Å². The molecule has 1 aliphatic heterocycles. The van der Waals surface area contributed by atoms with Crippen molar-refractivity contribution in [1.29, 1.82) is 0 Å². The van der Waals surface area contributed by atoms with Crippen molar-refractivity contribution >= 4 is 22.6 Å². The molecule has 1 atom stereocenters. The second kappa shape index (κ2) is 7.76. The second-order valence-electron chi connectivity index (χ2n) is 7.26. The van der Waals surface area contributed by atoms with Crippen molar-refractivity contribution in [3.63, 3.8) is 0 Å². The first-order valence-corrected chi connectivity index (χ1v) is 7.79.